The zero-order valence-corrected chi connectivity index (χ0v) is 17.4. The van der Waals surface area contributed by atoms with Crippen molar-refractivity contribution in [2.45, 2.75) is 68.0 Å². The van der Waals surface area contributed by atoms with Crippen molar-refractivity contribution in [3.05, 3.63) is 0 Å². The summed E-state index contributed by atoms with van der Waals surface area (Å²) in [5.41, 5.74) is 0. The van der Waals surface area contributed by atoms with Crippen LogP contribution in [0.25, 0.3) is 0 Å². The van der Waals surface area contributed by atoms with E-state index in [0.717, 1.165) is 25.7 Å². The standard InChI is InChI=1S/C19H31N3O4S/c1-5-6-11(2)21-16(25)14-19-8-7-18(3,27-19)12(15(24)20-4)13(19)17(26)22(14)9-10-23/h11-14,23H,5-10H2,1-4H3,(H,20,24)(H,21,25)/t11?,12-,13-,14?,18+,19?/m0/s1. The Hall–Kier alpha value is -1.28. The lowest BCUT2D eigenvalue weighted by molar-refractivity contribution is -0.141. The minimum absolute atomic E-state index is 0.0259. The van der Waals surface area contributed by atoms with Gasteiger partial charge in [-0.25, -0.2) is 0 Å². The Balaban J connectivity index is 1.99. The van der Waals surface area contributed by atoms with Crippen molar-refractivity contribution in [1.82, 2.24) is 15.5 Å². The van der Waals surface area contributed by atoms with Crippen LogP contribution in [0.1, 0.15) is 46.5 Å². The number of carbonyl (C=O) groups excluding carboxylic acids is 3. The predicted molar refractivity (Wildman–Crippen MR) is 104 cm³/mol. The zero-order valence-electron chi connectivity index (χ0n) is 16.6. The summed E-state index contributed by atoms with van der Waals surface area (Å²) in [5.74, 6) is -1.41. The number of fused-ring (bicyclic) bond motifs is 1. The Morgan fingerprint density at radius 1 is 1.37 bits per heavy atom. The van der Waals surface area contributed by atoms with Gasteiger partial charge in [0.2, 0.25) is 17.7 Å². The van der Waals surface area contributed by atoms with Crippen LogP contribution in [0.3, 0.4) is 0 Å². The fourth-order valence-electron chi connectivity index (χ4n) is 5.46. The van der Waals surface area contributed by atoms with Crippen molar-refractivity contribution in [2.24, 2.45) is 11.8 Å². The van der Waals surface area contributed by atoms with Crippen molar-refractivity contribution >= 4 is 29.5 Å². The van der Waals surface area contributed by atoms with Crippen LogP contribution in [-0.4, -0.2) is 69.5 Å². The van der Waals surface area contributed by atoms with Gasteiger partial charge in [-0.15, -0.1) is 11.8 Å². The molecule has 0 radical (unpaired) electrons. The monoisotopic (exact) mass is 397 g/mol. The second-order valence-electron chi connectivity index (χ2n) is 8.30. The Bertz CT molecular complexity index is 644. The molecule has 0 saturated carbocycles. The fourth-order valence-corrected chi connectivity index (χ4v) is 7.81. The molecule has 0 aromatic rings. The summed E-state index contributed by atoms with van der Waals surface area (Å²) in [6.45, 7) is 6.00. The maximum Gasteiger partial charge on any atom is 0.244 e. The molecular formula is C19H31N3O4S. The van der Waals surface area contributed by atoms with Gasteiger partial charge < -0.3 is 20.6 Å². The third kappa shape index (κ3) is 2.95. The minimum Gasteiger partial charge on any atom is -0.395 e. The van der Waals surface area contributed by atoms with Gasteiger partial charge >= 0.3 is 0 Å². The van der Waals surface area contributed by atoms with Crippen LogP contribution in [0.4, 0.5) is 0 Å². The molecule has 8 heteroatoms. The van der Waals surface area contributed by atoms with Gasteiger partial charge in [0.25, 0.3) is 0 Å². The minimum atomic E-state index is -0.636. The normalized spacial score (nSPS) is 38.0. The molecule has 3 amide bonds. The highest BCUT2D eigenvalue weighted by Gasteiger charge is 2.76. The number of β-amino-alcohol motifs (C(OH)–C–C–N with tert-alkyl or cyclic N) is 1. The Labute approximate surface area is 165 Å². The lowest BCUT2D eigenvalue weighted by atomic mass is 9.66. The number of carbonyl (C=O) groups is 3. The lowest BCUT2D eigenvalue weighted by Crippen LogP contribution is -2.55. The van der Waals surface area contributed by atoms with Crippen LogP contribution in [0.2, 0.25) is 0 Å². The smallest absolute Gasteiger partial charge is 0.244 e. The number of likely N-dealkylation sites (tertiary alicyclic amines) is 1. The van der Waals surface area contributed by atoms with Crippen molar-refractivity contribution in [2.75, 3.05) is 20.2 Å². The Morgan fingerprint density at radius 2 is 2.07 bits per heavy atom. The maximum atomic E-state index is 13.3. The molecule has 3 fully saturated rings. The van der Waals surface area contributed by atoms with Crippen LogP contribution in [0.15, 0.2) is 0 Å². The molecule has 3 aliphatic rings. The van der Waals surface area contributed by atoms with Crippen LogP contribution >= 0.6 is 11.8 Å². The van der Waals surface area contributed by atoms with Crippen molar-refractivity contribution < 1.29 is 19.5 Å². The highest BCUT2D eigenvalue weighted by molar-refractivity contribution is 8.02. The van der Waals surface area contributed by atoms with Gasteiger partial charge in [-0.05, 0) is 33.1 Å². The summed E-state index contributed by atoms with van der Waals surface area (Å²) in [7, 11) is 1.59. The van der Waals surface area contributed by atoms with E-state index in [1.54, 1.807) is 18.8 Å². The zero-order chi connectivity index (χ0) is 20.0. The van der Waals surface area contributed by atoms with E-state index in [-0.39, 0.29) is 41.7 Å². The molecule has 1 spiro atoms. The fraction of sp³-hybridized carbons (Fsp3) is 0.842. The number of amides is 3. The molecule has 6 atom stereocenters. The van der Waals surface area contributed by atoms with Crippen molar-refractivity contribution in [1.29, 1.82) is 0 Å². The van der Waals surface area contributed by atoms with E-state index in [9.17, 15) is 19.5 Å². The summed E-state index contributed by atoms with van der Waals surface area (Å²) in [6, 6.07) is -0.610. The predicted octanol–water partition coefficient (Wildman–Crippen LogP) is 0.511. The third-order valence-corrected chi connectivity index (χ3v) is 8.49. The van der Waals surface area contributed by atoms with Crippen LogP contribution < -0.4 is 10.6 Å². The highest BCUT2D eigenvalue weighted by atomic mass is 32.2. The molecule has 3 unspecified atom stereocenters. The number of aliphatic hydroxyl groups is 1. The molecule has 0 aromatic heterocycles. The number of thioether (sulfide) groups is 1. The Kier molecular flexibility index (Phi) is 5.51. The molecule has 3 rings (SSSR count). The average molecular weight is 398 g/mol. The van der Waals surface area contributed by atoms with E-state index in [4.69, 9.17) is 0 Å². The first-order valence-corrected chi connectivity index (χ1v) is 10.7. The molecule has 3 N–H and O–H groups in total. The van der Waals surface area contributed by atoms with E-state index < -0.39 is 22.6 Å². The molecule has 3 heterocycles. The lowest BCUT2D eigenvalue weighted by Gasteiger charge is -2.35. The third-order valence-electron chi connectivity index (χ3n) is 6.51. The number of nitrogens with zero attached hydrogens (tertiary/aromatic N) is 1. The van der Waals surface area contributed by atoms with E-state index in [1.807, 2.05) is 13.8 Å². The quantitative estimate of drug-likeness (QED) is 0.581. The van der Waals surface area contributed by atoms with E-state index in [0.29, 0.717) is 0 Å². The molecule has 3 saturated heterocycles. The van der Waals surface area contributed by atoms with Crippen molar-refractivity contribution in [3.63, 3.8) is 0 Å². The van der Waals surface area contributed by atoms with Gasteiger partial charge in [-0.3, -0.25) is 14.4 Å². The molecule has 0 aliphatic carbocycles. The number of nitrogens with one attached hydrogen (secondary N) is 2. The first kappa shape index (κ1) is 20.5. The first-order valence-electron chi connectivity index (χ1n) is 9.89. The SMILES string of the molecule is CCCC(C)NC(=O)C1N(CCO)C(=O)[C@@H]2[C@@H](C(=O)NC)[C@@]3(C)CCC12S3. The van der Waals surface area contributed by atoms with Gasteiger partial charge in [0.15, 0.2) is 0 Å². The van der Waals surface area contributed by atoms with Gasteiger partial charge in [-0.2, -0.15) is 0 Å². The average Bonchev–Trinajstić information content (AvgIpc) is 3.16. The molecule has 2 bridgehead atoms. The molecule has 0 aromatic carbocycles. The second-order valence-corrected chi connectivity index (χ2v) is 10.2. The Morgan fingerprint density at radius 3 is 2.67 bits per heavy atom. The first-order chi connectivity index (χ1) is 12.8. The number of hydrogen-bond donors (Lipinski definition) is 3. The van der Waals surface area contributed by atoms with E-state index in [2.05, 4.69) is 17.6 Å². The van der Waals surface area contributed by atoms with Crippen molar-refractivity contribution in [3.8, 4) is 0 Å². The van der Waals surface area contributed by atoms with E-state index >= 15 is 0 Å². The van der Waals surface area contributed by atoms with Crippen LogP contribution in [-0.2, 0) is 14.4 Å². The molecule has 7 nitrogen and oxygen atoms in total. The topological polar surface area (TPSA) is 98.7 Å². The van der Waals surface area contributed by atoms with Gasteiger partial charge in [0, 0.05) is 24.4 Å². The molecular weight excluding hydrogens is 366 g/mol. The summed E-state index contributed by atoms with van der Waals surface area (Å²) >= 11 is 1.65. The van der Waals surface area contributed by atoms with Crippen LogP contribution in [0.5, 0.6) is 0 Å². The largest absolute Gasteiger partial charge is 0.395 e. The second kappa shape index (κ2) is 7.28. The number of hydrogen-bond acceptors (Lipinski definition) is 5. The van der Waals surface area contributed by atoms with Crippen LogP contribution in [0, 0.1) is 11.8 Å². The van der Waals surface area contributed by atoms with Gasteiger partial charge in [0.05, 0.1) is 23.2 Å². The summed E-state index contributed by atoms with van der Waals surface area (Å²) < 4.78 is -0.923. The number of aliphatic hydroxyl groups excluding tert-OH is 1. The molecule has 152 valence electrons. The van der Waals surface area contributed by atoms with Gasteiger partial charge in [-0.1, -0.05) is 13.3 Å². The maximum absolute atomic E-state index is 13.3. The summed E-state index contributed by atoms with van der Waals surface area (Å²) in [6.07, 6.45) is 3.38. The molecule has 27 heavy (non-hydrogen) atoms. The van der Waals surface area contributed by atoms with Gasteiger partial charge in [0.1, 0.15) is 6.04 Å². The highest BCUT2D eigenvalue weighted by Crippen LogP contribution is 2.71. The number of rotatable bonds is 7. The molecule has 3 aliphatic heterocycles. The summed E-state index contributed by atoms with van der Waals surface area (Å²) in [5, 5.41) is 15.3. The summed E-state index contributed by atoms with van der Waals surface area (Å²) in [4.78, 5) is 40.7. The van der Waals surface area contributed by atoms with E-state index in [1.165, 1.54) is 4.90 Å².